The van der Waals surface area contributed by atoms with E-state index in [1.807, 2.05) is 13.0 Å². The Morgan fingerprint density at radius 1 is 1.33 bits per heavy atom. The average molecular weight is 252 g/mol. The molecule has 0 bridgehead atoms. The molecule has 1 aromatic carbocycles. The lowest BCUT2D eigenvalue weighted by molar-refractivity contribution is -0.385. The van der Waals surface area contributed by atoms with Crippen LogP contribution in [0.15, 0.2) is 24.3 Å². The van der Waals surface area contributed by atoms with Gasteiger partial charge in [-0.2, -0.15) is 0 Å². The fourth-order valence-corrected chi connectivity index (χ4v) is 1.96. The summed E-state index contributed by atoms with van der Waals surface area (Å²) in [6.07, 6.45) is 1.55. The molecule has 0 radical (unpaired) electrons. The van der Waals surface area contributed by atoms with E-state index in [0.29, 0.717) is 13.0 Å². The van der Waals surface area contributed by atoms with Gasteiger partial charge in [0.05, 0.1) is 11.5 Å². The molecule has 0 aliphatic heterocycles. The van der Waals surface area contributed by atoms with Gasteiger partial charge in [0.15, 0.2) is 0 Å². The lowest BCUT2D eigenvalue weighted by atomic mass is 10.1. The van der Waals surface area contributed by atoms with Crippen molar-refractivity contribution in [2.45, 2.75) is 19.8 Å². The summed E-state index contributed by atoms with van der Waals surface area (Å²) in [6.45, 7) is 4.59. The zero-order chi connectivity index (χ0) is 13.4. The third kappa shape index (κ3) is 4.43. The van der Waals surface area contributed by atoms with Gasteiger partial charge in [-0.25, -0.2) is 0 Å². The van der Waals surface area contributed by atoms with E-state index in [0.717, 1.165) is 25.1 Å². The standard InChI is InChI=1S/C13H20N2O3/c1-2-14(10-11-16)9-5-7-12-6-3-4-8-13(12)15(17)18/h3-4,6,8,16H,2,5,7,9-11H2,1H3. The SMILES string of the molecule is CCN(CCO)CCCc1ccccc1[N+](=O)[O-]. The molecule has 5 heteroatoms. The van der Waals surface area contributed by atoms with Crippen LogP contribution in [0.4, 0.5) is 5.69 Å². The minimum Gasteiger partial charge on any atom is -0.395 e. The third-order valence-corrected chi connectivity index (χ3v) is 2.97. The minimum absolute atomic E-state index is 0.152. The van der Waals surface area contributed by atoms with Crippen molar-refractivity contribution >= 4 is 5.69 Å². The number of hydrogen-bond acceptors (Lipinski definition) is 4. The number of benzene rings is 1. The van der Waals surface area contributed by atoms with Crippen molar-refractivity contribution in [3.8, 4) is 0 Å². The van der Waals surface area contributed by atoms with Crippen LogP contribution in [0.2, 0.25) is 0 Å². The normalized spacial score (nSPS) is 10.8. The summed E-state index contributed by atoms with van der Waals surface area (Å²) in [5.74, 6) is 0. The summed E-state index contributed by atoms with van der Waals surface area (Å²) in [6, 6.07) is 6.86. The molecule has 0 saturated heterocycles. The van der Waals surface area contributed by atoms with E-state index in [4.69, 9.17) is 5.11 Å². The van der Waals surface area contributed by atoms with Gasteiger partial charge in [-0.15, -0.1) is 0 Å². The van der Waals surface area contributed by atoms with Crippen LogP contribution in [-0.2, 0) is 6.42 Å². The van der Waals surface area contributed by atoms with Crippen LogP contribution in [0.1, 0.15) is 18.9 Å². The maximum absolute atomic E-state index is 10.8. The summed E-state index contributed by atoms with van der Waals surface area (Å²) < 4.78 is 0. The second-order valence-electron chi connectivity index (χ2n) is 4.15. The van der Waals surface area contributed by atoms with Gasteiger partial charge in [0, 0.05) is 18.2 Å². The average Bonchev–Trinajstić information content (AvgIpc) is 2.38. The largest absolute Gasteiger partial charge is 0.395 e. The second kappa shape index (κ2) is 7.79. The van der Waals surface area contributed by atoms with E-state index in [1.165, 1.54) is 0 Å². The zero-order valence-electron chi connectivity index (χ0n) is 10.7. The Morgan fingerprint density at radius 3 is 2.67 bits per heavy atom. The van der Waals surface area contributed by atoms with Crippen LogP contribution in [0.3, 0.4) is 0 Å². The highest BCUT2D eigenvalue weighted by Gasteiger charge is 2.12. The molecule has 1 rings (SSSR count). The number of nitro benzene ring substituents is 1. The van der Waals surface area contributed by atoms with Crippen LogP contribution in [0.25, 0.3) is 0 Å². The van der Waals surface area contributed by atoms with Gasteiger partial charge in [0.25, 0.3) is 5.69 Å². The van der Waals surface area contributed by atoms with Gasteiger partial charge in [-0.1, -0.05) is 25.1 Å². The Hall–Kier alpha value is -1.46. The summed E-state index contributed by atoms with van der Waals surface area (Å²) in [5.41, 5.74) is 0.977. The summed E-state index contributed by atoms with van der Waals surface area (Å²) in [5, 5.41) is 19.7. The minimum atomic E-state index is -0.333. The Bertz CT molecular complexity index is 382. The maximum Gasteiger partial charge on any atom is 0.272 e. The van der Waals surface area contributed by atoms with Crippen molar-refractivity contribution in [3.63, 3.8) is 0 Å². The lowest BCUT2D eigenvalue weighted by Crippen LogP contribution is -2.28. The first-order valence-corrected chi connectivity index (χ1v) is 6.24. The molecule has 1 N–H and O–H groups in total. The highest BCUT2D eigenvalue weighted by molar-refractivity contribution is 5.39. The molecular formula is C13H20N2O3. The molecule has 1 aromatic rings. The molecule has 0 aliphatic carbocycles. The molecule has 0 saturated carbocycles. The molecule has 0 atom stereocenters. The molecule has 0 aliphatic rings. The summed E-state index contributed by atoms with van der Waals surface area (Å²) >= 11 is 0. The molecule has 0 heterocycles. The zero-order valence-corrected chi connectivity index (χ0v) is 10.7. The second-order valence-corrected chi connectivity index (χ2v) is 4.15. The van der Waals surface area contributed by atoms with E-state index in [2.05, 4.69) is 4.90 Å². The molecule has 0 fully saturated rings. The molecular weight excluding hydrogens is 232 g/mol. The lowest BCUT2D eigenvalue weighted by Gasteiger charge is -2.18. The number of para-hydroxylation sites is 1. The highest BCUT2D eigenvalue weighted by Crippen LogP contribution is 2.19. The quantitative estimate of drug-likeness (QED) is 0.566. The van der Waals surface area contributed by atoms with Crippen LogP contribution < -0.4 is 0 Å². The molecule has 0 aromatic heterocycles. The fourth-order valence-electron chi connectivity index (χ4n) is 1.96. The van der Waals surface area contributed by atoms with Crippen LogP contribution in [0.5, 0.6) is 0 Å². The fraction of sp³-hybridized carbons (Fsp3) is 0.538. The number of aliphatic hydroxyl groups is 1. The van der Waals surface area contributed by atoms with Gasteiger partial charge < -0.3 is 10.0 Å². The van der Waals surface area contributed by atoms with E-state index < -0.39 is 0 Å². The Morgan fingerprint density at radius 2 is 2.06 bits per heavy atom. The number of aryl methyl sites for hydroxylation is 1. The van der Waals surface area contributed by atoms with Crippen LogP contribution >= 0.6 is 0 Å². The van der Waals surface area contributed by atoms with Crippen molar-refractivity contribution in [3.05, 3.63) is 39.9 Å². The first-order chi connectivity index (χ1) is 8.69. The van der Waals surface area contributed by atoms with Crippen molar-refractivity contribution in [2.75, 3.05) is 26.2 Å². The Balaban J connectivity index is 2.50. The van der Waals surface area contributed by atoms with Gasteiger partial charge in [-0.3, -0.25) is 10.1 Å². The number of nitro groups is 1. The van der Waals surface area contributed by atoms with Gasteiger partial charge >= 0.3 is 0 Å². The van der Waals surface area contributed by atoms with E-state index >= 15 is 0 Å². The maximum atomic E-state index is 10.8. The number of likely N-dealkylation sites (N-methyl/N-ethyl adjacent to an activating group) is 1. The van der Waals surface area contributed by atoms with Gasteiger partial charge in [0.2, 0.25) is 0 Å². The first kappa shape index (κ1) is 14.6. The third-order valence-electron chi connectivity index (χ3n) is 2.97. The molecule has 0 unspecified atom stereocenters. The van der Waals surface area contributed by atoms with Crippen molar-refractivity contribution in [2.24, 2.45) is 0 Å². The van der Waals surface area contributed by atoms with Gasteiger partial charge in [-0.05, 0) is 25.9 Å². The van der Waals surface area contributed by atoms with Crippen molar-refractivity contribution in [1.82, 2.24) is 4.90 Å². The molecule has 100 valence electrons. The monoisotopic (exact) mass is 252 g/mol. The molecule has 0 amide bonds. The van der Waals surface area contributed by atoms with E-state index in [9.17, 15) is 10.1 Å². The topological polar surface area (TPSA) is 66.6 Å². The van der Waals surface area contributed by atoms with Crippen molar-refractivity contribution < 1.29 is 10.0 Å². The van der Waals surface area contributed by atoms with Crippen molar-refractivity contribution in [1.29, 1.82) is 0 Å². The van der Waals surface area contributed by atoms with Crippen LogP contribution in [0, 0.1) is 10.1 Å². The van der Waals surface area contributed by atoms with E-state index in [-0.39, 0.29) is 17.2 Å². The highest BCUT2D eigenvalue weighted by atomic mass is 16.6. The number of rotatable bonds is 8. The predicted molar refractivity (Wildman–Crippen MR) is 70.6 cm³/mol. The first-order valence-electron chi connectivity index (χ1n) is 6.24. The molecule has 18 heavy (non-hydrogen) atoms. The molecule has 5 nitrogen and oxygen atoms in total. The summed E-state index contributed by atoms with van der Waals surface area (Å²) in [7, 11) is 0. The Labute approximate surface area is 107 Å². The Kier molecular flexibility index (Phi) is 6.32. The van der Waals surface area contributed by atoms with Crippen LogP contribution in [-0.4, -0.2) is 41.2 Å². The number of hydrogen-bond donors (Lipinski definition) is 1. The smallest absolute Gasteiger partial charge is 0.272 e. The number of nitrogens with zero attached hydrogens (tertiary/aromatic N) is 2. The molecule has 0 spiro atoms. The summed E-state index contributed by atoms with van der Waals surface area (Å²) in [4.78, 5) is 12.6. The van der Waals surface area contributed by atoms with Gasteiger partial charge in [0.1, 0.15) is 0 Å². The number of aliphatic hydroxyl groups excluding tert-OH is 1. The van der Waals surface area contributed by atoms with E-state index in [1.54, 1.807) is 18.2 Å². The predicted octanol–water partition coefficient (Wildman–Crippen LogP) is 1.84.